The highest BCUT2D eigenvalue weighted by Crippen LogP contribution is 2.49. The fraction of sp³-hybridized carbons (Fsp3) is 0.133. The Kier molecular flexibility index (Phi) is 10.1. The van der Waals surface area contributed by atoms with Crippen molar-refractivity contribution in [3.05, 3.63) is 230 Å². The molecule has 2 nitrogen and oxygen atoms in total. The van der Waals surface area contributed by atoms with E-state index in [9.17, 15) is 0 Å². The number of hydrogen-bond donors (Lipinski definition) is 0. The Morgan fingerprint density at radius 2 is 0.677 bits per heavy atom. The highest BCUT2D eigenvalue weighted by atomic mass is 15.1. The van der Waals surface area contributed by atoms with E-state index in [1.807, 2.05) is 0 Å². The number of fused-ring (bicyclic) bond motifs is 2. The van der Waals surface area contributed by atoms with Crippen molar-refractivity contribution in [1.82, 2.24) is 0 Å². The molecular formula is C60H52N2. The zero-order valence-corrected chi connectivity index (χ0v) is 36.1. The highest BCUT2D eigenvalue weighted by molar-refractivity contribution is 6.06. The van der Waals surface area contributed by atoms with Crippen LogP contribution in [-0.4, -0.2) is 0 Å². The van der Waals surface area contributed by atoms with Crippen LogP contribution < -0.4 is 9.80 Å². The number of hydrogen-bond acceptors (Lipinski definition) is 2. The van der Waals surface area contributed by atoms with Crippen molar-refractivity contribution < 1.29 is 0 Å². The maximum absolute atomic E-state index is 2.47. The number of para-hydroxylation sites is 2. The molecule has 2 heteroatoms. The van der Waals surface area contributed by atoms with Crippen LogP contribution in [0.1, 0.15) is 51.7 Å². The molecule has 10 rings (SSSR count). The van der Waals surface area contributed by atoms with Crippen LogP contribution in [0.4, 0.5) is 34.1 Å². The molecule has 0 fully saturated rings. The van der Waals surface area contributed by atoms with Crippen molar-refractivity contribution in [2.75, 3.05) is 9.80 Å². The summed E-state index contributed by atoms with van der Waals surface area (Å²) in [4.78, 5) is 4.74. The lowest BCUT2D eigenvalue weighted by Gasteiger charge is -2.42. The first-order chi connectivity index (χ1) is 30.2. The molecule has 0 saturated carbocycles. The van der Waals surface area contributed by atoms with Crippen LogP contribution in [0, 0.1) is 0 Å². The SMILES string of the molecule is CC1(C)CCC(C)(C)c2cc(N(c3ccc(-c4ccc(N(c5ccccc5)c5ccccc5)cc4)cc3)c3ccc(-c4cccc5cccc(-c6ccccc6)c45)cc3)ccc21. The molecule has 0 heterocycles. The zero-order chi connectivity index (χ0) is 42.3. The smallest absolute Gasteiger partial charge is 0.0464 e. The van der Waals surface area contributed by atoms with Gasteiger partial charge in [0.2, 0.25) is 0 Å². The molecule has 0 spiro atoms. The van der Waals surface area contributed by atoms with Crippen LogP contribution in [0.25, 0.3) is 44.2 Å². The summed E-state index contributed by atoms with van der Waals surface area (Å²) in [6, 6.07) is 79.7. The standard InChI is InChI=1S/C60H52N2/c1-59(2)40-41-60(3,4)57-42-53(38-39-56(57)59)62(52-36-30-46(31-37-52)55-25-15-19-47-18-14-24-54(58(47)55)45-16-8-5-9-17-45)51-34-28-44(29-35-51)43-26-32-50(33-27-43)61(48-20-10-6-11-21-48)49-22-12-7-13-23-49/h5-39,42H,40-41H2,1-4H3. The van der Waals surface area contributed by atoms with Crippen LogP contribution >= 0.6 is 0 Å². The maximum atomic E-state index is 2.47. The number of nitrogens with zero attached hydrogens (tertiary/aromatic N) is 2. The van der Waals surface area contributed by atoms with Crippen LogP contribution in [0.15, 0.2) is 218 Å². The van der Waals surface area contributed by atoms with Gasteiger partial charge in [-0.25, -0.2) is 0 Å². The first kappa shape index (κ1) is 39.0. The van der Waals surface area contributed by atoms with Gasteiger partial charge < -0.3 is 9.80 Å². The molecule has 9 aromatic carbocycles. The van der Waals surface area contributed by atoms with Crippen molar-refractivity contribution in [1.29, 1.82) is 0 Å². The molecule has 1 aliphatic rings. The molecule has 0 aromatic heterocycles. The van der Waals surface area contributed by atoms with Crippen molar-refractivity contribution in [3.8, 4) is 33.4 Å². The molecule has 302 valence electrons. The van der Waals surface area contributed by atoms with E-state index in [1.54, 1.807) is 0 Å². The monoisotopic (exact) mass is 800 g/mol. The van der Waals surface area contributed by atoms with E-state index in [0.717, 1.165) is 28.4 Å². The van der Waals surface area contributed by atoms with E-state index in [-0.39, 0.29) is 10.8 Å². The Bertz CT molecular complexity index is 2920. The summed E-state index contributed by atoms with van der Waals surface area (Å²) in [7, 11) is 0. The average Bonchev–Trinajstić information content (AvgIpc) is 3.32. The summed E-state index contributed by atoms with van der Waals surface area (Å²) < 4.78 is 0. The van der Waals surface area contributed by atoms with Gasteiger partial charge in [-0.2, -0.15) is 0 Å². The molecule has 0 N–H and O–H groups in total. The van der Waals surface area contributed by atoms with Gasteiger partial charge in [0.15, 0.2) is 0 Å². The lowest BCUT2D eigenvalue weighted by Crippen LogP contribution is -2.34. The van der Waals surface area contributed by atoms with Crippen LogP contribution in [0.3, 0.4) is 0 Å². The normalized spacial score (nSPS) is 13.9. The summed E-state index contributed by atoms with van der Waals surface area (Å²) >= 11 is 0. The Morgan fingerprint density at radius 1 is 0.306 bits per heavy atom. The molecule has 0 atom stereocenters. The van der Waals surface area contributed by atoms with Gasteiger partial charge in [-0.15, -0.1) is 0 Å². The third-order valence-corrected chi connectivity index (χ3v) is 13.1. The first-order valence-electron chi connectivity index (χ1n) is 22.0. The Hall–Kier alpha value is -7.16. The fourth-order valence-electron chi connectivity index (χ4n) is 9.60. The van der Waals surface area contributed by atoms with E-state index in [2.05, 4.69) is 256 Å². The minimum absolute atomic E-state index is 0.0911. The molecule has 1 aliphatic carbocycles. The summed E-state index contributed by atoms with van der Waals surface area (Å²) in [6.45, 7) is 9.63. The minimum atomic E-state index is 0.0911. The molecule has 0 amide bonds. The molecular weight excluding hydrogens is 749 g/mol. The van der Waals surface area contributed by atoms with Gasteiger partial charge in [-0.3, -0.25) is 0 Å². The molecule has 62 heavy (non-hydrogen) atoms. The second-order valence-corrected chi connectivity index (χ2v) is 18.1. The van der Waals surface area contributed by atoms with Crippen molar-refractivity contribution in [3.63, 3.8) is 0 Å². The first-order valence-corrected chi connectivity index (χ1v) is 22.0. The summed E-state index contributed by atoms with van der Waals surface area (Å²) in [5.41, 5.74) is 17.3. The maximum Gasteiger partial charge on any atom is 0.0464 e. The van der Waals surface area contributed by atoms with E-state index >= 15 is 0 Å². The van der Waals surface area contributed by atoms with E-state index in [4.69, 9.17) is 0 Å². The number of anilines is 6. The van der Waals surface area contributed by atoms with Crippen molar-refractivity contribution in [2.45, 2.75) is 51.4 Å². The molecule has 0 bridgehead atoms. The average molecular weight is 801 g/mol. The van der Waals surface area contributed by atoms with Crippen LogP contribution in [-0.2, 0) is 10.8 Å². The topological polar surface area (TPSA) is 6.48 Å². The van der Waals surface area contributed by atoms with Gasteiger partial charge in [0.1, 0.15) is 0 Å². The molecule has 0 unspecified atom stereocenters. The second kappa shape index (κ2) is 16.0. The summed E-state index contributed by atoms with van der Waals surface area (Å²) in [5, 5.41) is 2.52. The van der Waals surface area contributed by atoms with Gasteiger partial charge in [-0.05, 0) is 152 Å². The Balaban J connectivity index is 1.03. The summed E-state index contributed by atoms with van der Waals surface area (Å²) in [5.74, 6) is 0. The predicted molar refractivity (Wildman–Crippen MR) is 265 cm³/mol. The number of rotatable bonds is 9. The van der Waals surface area contributed by atoms with Gasteiger partial charge >= 0.3 is 0 Å². The van der Waals surface area contributed by atoms with Crippen LogP contribution in [0.5, 0.6) is 0 Å². The predicted octanol–water partition coefficient (Wildman–Crippen LogP) is 17.1. The minimum Gasteiger partial charge on any atom is -0.311 e. The van der Waals surface area contributed by atoms with Gasteiger partial charge in [0, 0.05) is 34.1 Å². The van der Waals surface area contributed by atoms with Crippen LogP contribution in [0.2, 0.25) is 0 Å². The largest absolute Gasteiger partial charge is 0.311 e. The van der Waals surface area contributed by atoms with Gasteiger partial charge in [0.05, 0.1) is 0 Å². The lowest BCUT2D eigenvalue weighted by molar-refractivity contribution is 0.332. The quantitative estimate of drug-likeness (QED) is 0.143. The highest BCUT2D eigenvalue weighted by Gasteiger charge is 2.37. The van der Waals surface area contributed by atoms with Gasteiger partial charge in [-0.1, -0.05) is 173 Å². The van der Waals surface area contributed by atoms with E-state index in [1.165, 1.54) is 73.8 Å². The molecule has 0 radical (unpaired) electrons. The Labute approximate surface area is 367 Å². The second-order valence-electron chi connectivity index (χ2n) is 18.1. The lowest BCUT2D eigenvalue weighted by atomic mass is 9.63. The molecule has 9 aromatic rings. The summed E-state index contributed by atoms with van der Waals surface area (Å²) in [6.07, 6.45) is 2.36. The van der Waals surface area contributed by atoms with Gasteiger partial charge in [0.25, 0.3) is 0 Å². The van der Waals surface area contributed by atoms with Crippen molar-refractivity contribution in [2.24, 2.45) is 0 Å². The molecule has 0 saturated heterocycles. The van der Waals surface area contributed by atoms with E-state index < -0.39 is 0 Å². The molecule has 0 aliphatic heterocycles. The van der Waals surface area contributed by atoms with E-state index in [0.29, 0.717) is 0 Å². The number of benzene rings is 9. The fourth-order valence-corrected chi connectivity index (χ4v) is 9.60. The van der Waals surface area contributed by atoms with Crippen molar-refractivity contribution >= 4 is 44.9 Å². The Morgan fingerprint density at radius 3 is 1.16 bits per heavy atom. The third kappa shape index (κ3) is 7.37. The zero-order valence-electron chi connectivity index (χ0n) is 36.1. The third-order valence-electron chi connectivity index (χ3n) is 13.1.